The third-order valence-electron chi connectivity index (χ3n) is 5.10. The van der Waals surface area contributed by atoms with Crippen LogP contribution in [0.25, 0.3) is 11.4 Å². The Labute approximate surface area is 141 Å². The van der Waals surface area contributed by atoms with Gasteiger partial charge in [-0.1, -0.05) is 30.3 Å². The molecule has 2 bridgehead atoms. The normalized spacial score (nSPS) is 22.3. The molecule has 0 radical (unpaired) electrons. The van der Waals surface area contributed by atoms with Crippen LogP contribution < -0.4 is 0 Å². The van der Waals surface area contributed by atoms with Crippen LogP contribution >= 0.6 is 0 Å². The second-order valence-corrected chi connectivity index (χ2v) is 6.55. The van der Waals surface area contributed by atoms with Gasteiger partial charge in [-0.15, -0.1) is 10.2 Å². The average molecular weight is 326 g/mol. The number of methoxy groups -OCH3 is 1. The number of hydrogen-bond acceptors (Lipinski definition) is 4. The van der Waals surface area contributed by atoms with E-state index in [4.69, 9.17) is 4.74 Å². The van der Waals surface area contributed by atoms with Crippen LogP contribution in [0.5, 0.6) is 0 Å². The molecule has 1 aromatic heterocycles. The van der Waals surface area contributed by atoms with Crippen molar-refractivity contribution in [1.29, 1.82) is 0 Å². The van der Waals surface area contributed by atoms with Crippen molar-refractivity contribution in [3.05, 3.63) is 36.2 Å². The van der Waals surface area contributed by atoms with Gasteiger partial charge in [0, 0.05) is 31.7 Å². The number of carbonyl (C=O) groups is 1. The fourth-order valence-corrected chi connectivity index (χ4v) is 3.97. The fourth-order valence-electron chi connectivity index (χ4n) is 3.97. The maximum Gasteiger partial charge on any atom is 0.225 e. The molecule has 24 heavy (non-hydrogen) atoms. The quantitative estimate of drug-likeness (QED) is 0.861. The third-order valence-corrected chi connectivity index (χ3v) is 5.10. The Morgan fingerprint density at radius 1 is 1.21 bits per heavy atom. The summed E-state index contributed by atoms with van der Waals surface area (Å²) in [6.07, 6.45) is 3.34. The molecule has 1 amide bonds. The van der Waals surface area contributed by atoms with Gasteiger partial charge in [0.2, 0.25) is 5.91 Å². The highest BCUT2D eigenvalue weighted by Crippen LogP contribution is 2.33. The van der Waals surface area contributed by atoms with E-state index in [1.54, 1.807) is 7.11 Å². The largest absolute Gasteiger partial charge is 0.384 e. The molecule has 2 atom stereocenters. The van der Waals surface area contributed by atoms with E-state index in [0.717, 1.165) is 43.0 Å². The van der Waals surface area contributed by atoms with Gasteiger partial charge in [0.25, 0.3) is 0 Å². The summed E-state index contributed by atoms with van der Waals surface area (Å²) < 4.78 is 7.28. The van der Waals surface area contributed by atoms with Crippen LogP contribution in [0.3, 0.4) is 0 Å². The van der Waals surface area contributed by atoms with Gasteiger partial charge < -0.3 is 14.2 Å². The summed E-state index contributed by atoms with van der Waals surface area (Å²) >= 11 is 0. The van der Waals surface area contributed by atoms with Gasteiger partial charge in [-0.25, -0.2) is 0 Å². The number of aromatic nitrogens is 3. The Hall–Kier alpha value is -2.21. The van der Waals surface area contributed by atoms with E-state index in [9.17, 15) is 4.79 Å². The number of benzene rings is 1. The molecule has 1 aromatic carbocycles. The highest BCUT2D eigenvalue weighted by Gasteiger charge is 2.40. The zero-order chi connectivity index (χ0) is 16.5. The summed E-state index contributed by atoms with van der Waals surface area (Å²) in [7, 11) is 1.64. The van der Waals surface area contributed by atoms with Crippen LogP contribution in [0.1, 0.15) is 25.1 Å². The molecule has 2 unspecified atom stereocenters. The Bertz CT molecular complexity index is 728. The smallest absolute Gasteiger partial charge is 0.225 e. The van der Waals surface area contributed by atoms with Crippen molar-refractivity contribution in [2.75, 3.05) is 13.7 Å². The van der Waals surface area contributed by atoms with Gasteiger partial charge in [0.1, 0.15) is 5.82 Å². The highest BCUT2D eigenvalue weighted by atomic mass is 16.5. The SMILES string of the molecule is COCCC(=O)N1C2CCC1Cn1c(nnc1-c1ccccc1)C2. The van der Waals surface area contributed by atoms with Gasteiger partial charge in [-0.2, -0.15) is 0 Å². The lowest BCUT2D eigenvalue weighted by atomic mass is 10.1. The van der Waals surface area contributed by atoms with E-state index >= 15 is 0 Å². The molecule has 0 N–H and O–H groups in total. The summed E-state index contributed by atoms with van der Waals surface area (Å²) in [5, 5.41) is 8.83. The highest BCUT2D eigenvalue weighted by molar-refractivity contribution is 5.77. The minimum Gasteiger partial charge on any atom is -0.384 e. The molecular weight excluding hydrogens is 304 g/mol. The number of ether oxygens (including phenoxy) is 1. The van der Waals surface area contributed by atoms with E-state index in [1.807, 2.05) is 18.2 Å². The molecule has 6 heteroatoms. The van der Waals surface area contributed by atoms with Crippen molar-refractivity contribution in [1.82, 2.24) is 19.7 Å². The Morgan fingerprint density at radius 2 is 2.00 bits per heavy atom. The van der Waals surface area contributed by atoms with Crippen molar-refractivity contribution in [3.8, 4) is 11.4 Å². The predicted molar refractivity (Wildman–Crippen MR) is 89.3 cm³/mol. The maximum absolute atomic E-state index is 12.6. The van der Waals surface area contributed by atoms with Gasteiger partial charge in [0.05, 0.1) is 19.1 Å². The van der Waals surface area contributed by atoms with E-state index in [0.29, 0.717) is 13.0 Å². The second-order valence-electron chi connectivity index (χ2n) is 6.55. The molecule has 2 aromatic rings. The molecule has 0 spiro atoms. The van der Waals surface area contributed by atoms with Gasteiger partial charge >= 0.3 is 0 Å². The van der Waals surface area contributed by atoms with Crippen molar-refractivity contribution < 1.29 is 9.53 Å². The summed E-state index contributed by atoms with van der Waals surface area (Å²) in [4.78, 5) is 14.7. The van der Waals surface area contributed by atoms with Crippen LogP contribution in [0.4, 0.5) is 0 Å². The Morgan fingerprint density at radius 3 is 2.79 bits per heavy atom. The maximum atomic E-state index is 12.6. The number of nitrogens with zero attached hydrogens (tertiary/aromatic N) is 4. The van der Waals surface area contributed by atoms with Crippen molar-refractivity contribution in [2.24, 2.45) is 0 Å². The number of carbonyl (C=O) groups excluding carboxylic acids is 1. The lowest BCUT2D eigenvalue weighted by Crippen LogP contribution is -2.42. The molecular formula is C18H22N4O2. The van der Waals surface area contributed by atoms with Crippen molar-refractivity contribution >= 4 is 5.91 Å². The molecule has 0 saturated carbocycles. The summed E-state index contributed by atoms with van der Waals surface area (Å²) in [5.41, 5.74) is 1.08. The molecule has 4 rings (SSSR count). The summed E-state index contributed by atoms with van der Waals surface area (Å²) in [6.45, 7) is 1.26. The standard InChI is InChI=1S/C18H22N4O2/c1-24-10-9-17(23)22-14-7-8-15(22)12-21-16(11-14)19-20-18(21)13-5-3-2-4-6-13/h2-6,14-15H,7-12H2,1H3. The van der Waals surface area contributed by atoms with Crippen molar-refractivity contribution in [3.63, 3.8) is 0 Å². The van der Waals surface area contributed by atoms with Crippen LogP contribution in [-0.2, 0) is 22.5 Å². The monoisotopic (exact) mass is 326 g/mol. The summed E-state index contributed by atoms with van der Waals surface area (Å²) in [6, 6.07) is 10.6. The molecule has 126 valence electrons. The zero-order valence-electron chi connectivity index (χ0n) is 13.9. The minimum atomic E-state index is 0.198. The zero-order valence-corrected chi connectivity index (χ0v) is 13.9. The van der Waals surface area contributed by atoms with Crippen LogP contribution in [-0.4, -0.2) is 51.4 Å². The first kappa shape index (κ1) is 15.3. The van der Waals surface area contributed by atoms with Crippen LogP contribution in [0, 0.1) is 0 Å². The van der Waals surface area contributed by atoms with Gasteiger partial charge in [0.15, 0.2) is 5.82 Å². The second kappa shape index (κ2) is 6.36. The molecule has 1 fully saturated rings. The Kier molecular flexibility index (Phi) is 4.06. The molecule has 1 saturated heterocycles. The van der Waals surface area contributed by atoms with Gasteiger partial charge in [-0.3, -0.25) is 4.79 Å². The predicted octanol–water partition coefficient (Wildman–Crippen LogP) is 1.90. The van der Waals surface area contributed by atoms with E-state index < -0.39 is 0 Å². The first-order valence-corrected chi connectivity index (χ1v) is 8.55. The molecule has 3 heterocycles. The molecule has 2 aliphatic heterocycles. The minimum absolute atomic E-state index is 0.198. The molecule has 2 aliphatic rings. The van der Waals surface area contributed by atoms with Crippen LogP contribution in [0.2, 0.25) is 0 Å². The van der Waals surface area contributed by atoms with Gasteiger partial charge in [-0.05, 0) is 12.8 Å². The number of fused-ring (bicyclic) bond motifs is 3. The van der Waals surface area contributed by atoms with E-state index in [-0.39, 0.29) is 18.0 Å². The van der Waals surface area contributed by atoms with Crippen molar-refractivity contribution in [2.45, 2.75) is 44.3 Å². The number of rotatable bonds is 4. The average Bonchev–Trinajstić information content (AvgIpc) is 3.13. The molecule has 6 nitrogen and oxygen atoms in total. The van der Waals surface area contributed by atoms with E-state index in [2.05, 4.69) is 31.8 Å². The lowest BCUT2D eigenvalue weighted by Gasteiger charge is -2.28. The fraction of sp³-hybridized carbons (Fsp3) is 0.500. The lowest BCUT2D eigenvalue weighted by molar-refractivity contribution is -0.135. The first-order chi connectivity index (χ1) is 11.8. The number of amides is 1. The van der Waals surface area contributed by atoms with Crippen LogP contribution in [0.15, 0.2) is 30.3 Å². The summed E-state index contributed by atoms with van der Waals surface area (Å²) in [5.74, 6) is 2.09. The topological polar surface area (TPSA) is 60.2 Å². The Balaban J connectivity index is 1.63. The number of hydrogen-bond donors (Lipinski definition) is 0. The third kappa shape index (κ3) is 2.60. The molecule has 0 aliphatic carbocycles. The van der Waals surface area contributed by atoms with E-state index in [1.165, 1.54) is 0 Å². The first-order valence-electron chi connectivity index (χ1n) is 8.55.